The fourth-order valence-electron chi connectivity index (χ4n) is 1.94. The Morgan fingerprint density at radius 1 is 1.27 bits per heavy atom. The van der Waals surface area contributed by atoms with E-state index >= 15 is 0 Å². The second-order valence-electron chi connectivity index (χ2n) is 3.64. The van der Waals surface area contributed by atoms with Crippen molar-refractivity contribution in [2.45, 2.75) is 12.8 Å². The van der Waals surface area contributed by atoms with Crippen LogP contribution in [0.2, 0.25) is 0 Å². The summed E-state index contributed by atoms with van der Waals surface area (Å²) in [6, 6.07) is 0. The van der Waals surface area contributed by atoms with Gasteiger partial charge >= 0.3 is 0 Å². The second kappa shape index (κ2) is 2.20. The Bertz CT molecular complexity index is 249. The Morgan fingerprint density at radius 3 is 2.55 bits per heavy atom. The van der Waals surface area contributed by atoms with Crippen molar-refractivity contribution in [2.24, 2.45) is 5.41 Å². The van der Waals surface area contributed by atoms with Crippen molar-refractivity contribution < 1.29 is 13.2 Å². The van der Waals surface area contributed by atoms with Crippen molar-refractivity contribution >= 4 is 9.84 Å². The molecular formula is C7H12O3S. The molecule has 0 amide bonds. The van der Waals surface area contributed by atoms with E-state index in [0.29, 0.717) is 18.1 Å². The van der Waals surface area contributed by atoms with E-state index in [0.717, 1.165) is 19.4 Å². The largest absolute Gasteiger partial charge is 0.381 e. The molecule has 0 bridgehead atoms. The third kappa shape index (κ3) is 1.29. The Labute approximate surface area is 66.7 Å². The molecule has 0 saturated carbocycles. The fraction of sp³-hybridized carbons (Fsp3) is 1.00. The van der Waals surface area contributed by atoms with Gasteiger partial charge in [-0.3, -0.25) is 0 Å². The lowest BCUT2D eigenvalue weighted by Gasteiger charge is -2.16. The minimum Gasteiger partial charge on any atom is -0.381 e. The van der Waals surface area contributed by atoms with Crippen LogP contribution in [0.5, 0.6) is 0 Å². The monoisotopic (exact) mass is 176 g/mol. The zero-order valence-corrected chi connectivity index (χ0v) is 7.19. The van der Waals surface area contributed by atoms with Gasteiger partial charge in [0, 0.05) is 12.0 Å². The zero-order valence-electron chi connectivity index (χ0n) is 6.38. The molecule has 2 rings (SSSR count). The Balaban J connectivity index is 2.20. The molecule has 0 aromatic rings. The molecule has 0 aromatic heterocycles. The van der Waals surface area contributed by atoms with Crippen LogP contribution in [0.3, 0.4) is 0 Å². The average molecular weight is 176 g/mol. The molecule has 3 nitrogen and oxygen atoms in total. The highest BCUT2D eigenvalue weighted by Crippen LogP contribution is 2.39. The molecule has 0 radical (unpaired) electrons. The topological polar surface area (TPSA) is 43.4 Å². The highest BCUT2D eigenvalue weighted by atomic mass is 32.2. The number of ether oxygens (including phenoxy) is 1. The first-order chi connectivity index (χ1) is 5.12. The summed E-state index contributed by atoms with van der Waals surface area (Å²) in [7, 11) is -2.72. The van der Waals surface area contributed by atoms with Gasteiger partial charge in [-0.05, 0) is 12.8 Å². The molecule has 2 aliphatic heterocycles. The van der Waals surface area contributed by atoms with Crippen LogP contribution in [0.4, 0.5) is 0 Å². The standard InChI is InChI=1S/C7H12O3S/c8-11(9)4-2-7(6-11)1-3-10-5-7/h1-6H2. The molecule has 1 unspecified atom stereocenters. The van der Waals surface area contributed by atoms with Crippen LogP contribution in [-0.2, 0) is 14.6 Å². The van der Waals surface area contributed by atoms with Gasteiger partial charge in [0.05, 0.1) is 18.1 Å². The van der Waals surface area contributed by atoms with Gasteiger partial charge in [-0.1, -0.05) is 0 Å². The van der Waals surface area contributed by atoms with E-state index in [4.69, 9.17) is 4.74 Å². The van der Waals surface area contributed by atoms with E-state index in [9.17, 15) is 8.42 Å². The van der Waals surface area contributed by atoms with Crippen molar-refractivity contribution in [2.75, 3.05) is 24.7 Å². The number of rotatable bonds is 0. The molecule has 2 heterocycles. The van der Waals surface area contributed by atoms with Crippen LogP contribution < -0.4 is 0 Å². The van der Waals surface area contributed by atoms with E-state index < -0.39 is 9.84 Å². The molecule has 2 saturated heterocycles. The van der Waals surface area contributed by atoms with E-state index in [-0.39, 0.29) is 5.41 Å². The Hall–Kier alpha value is -0.0900. The van der Waals surface area contributed by atoms with Gasteiger partial charge in [0.15, 0.2) is 9.84 Å². The van der Waals surface area contributed by atoms with Crippen LogP contribution in [0.15, 0.2) is 0 Å². The Morgan fingerprint density at radius 2 is 2.09 bits per heavy atom. The first kappa shape index (κ1) is 7.55. The minimum absolute atomic E-state index is 0.0127. The smallest absolute Gasteiger partial charge is 0.150 e. The molecular weight excluding hydrogens is 164 g/mol. The molecule has 1 spiro atoms. The highest BCUT2D eigenvalue weighted by Gasteiger charge is 2.44. The first-order valence-electron chi connectivity index (χ1n) is 3.90. The van der Waals surface area contributed by atoms with Crippen molar-refractivity contribution in [3.63, 3.8) is 0 Å². The van der Waals surface area contributed by atoms with Gasteiger partial charge in [-0.25, -0.2) is 8.42 Å². The van der Waals surface area contributed by atoms with Gasteiger partial charge in [0.1, 0.15) is 0 Å². The van der Waals surface area contributed by atoms with Crippen LogP contribution >= 0.6 is 0 Å². The molecule has 4 heteroatoms. The van der Waals surface area contributed by atoms with Crippen LogP contribution in [-0.4, -0.2) is 33.1 Å². The number of hydrogen-bond acceptors (Lipinski definition) is 3. The summed E-state index contributed by atoms with van der Waals surface area (Å²) in [6.07, 6.45) is 1.75. The molecule has 0 aromatic carbocycles. The molecule has 11 heavy (non-hydrogen) atoms. The van der Waals surface area contributed by atoms with Gasteiger partial charge in [-0.2, -0.15) is 0 Å². The van der Waals surface area contributed by atoms with Crippen molar-refractivity contribution in [1.29, 1.82) is 0 Å². The zero-order chi connectivity index (χ0) is 7.95. The maximum atomic E-state index is 11.1. The Kier molecular flexibility index (Phi) is 1.51. The predicted molar refractivity (Wildman–Crippen MR) is 41.1 cm³/mol. The van der Waals surface area contributed by atoms with Gasteiger partial charge in [-0.15, -0.1) is 0 Å². The quantitative estimate of drug-likeness (QED) is 0.530. The molecule has 64 valence electrons. The third-order valence-corrected chi connectivity index (χ3v) is 4.53. The number of hydrogen-bond donors (Lipinski definition) is 0. The lowest BCUT2D eigenvalue weighted by Crippen LogP contribution is -2.21. The average Bonchev–Trinajstić information content (AvgIpc) is 2.43. The maximum absolute atomic E-state index is 11.1. The molecule has 2 aliphatic rings. The van der Waals surface area contributed by atoms with E-state index in [1.54, 1.807) is 0 Å². The van der Waals surface area contributed by atoms with Gasteiger partial charge < -0.3 is 4.74 Å². The summed E-state index contributed by atoms with van der Waals surface area (Å²) in [5.74, 6) is 0.732. The maximum Gasteiger partial charge on any atom is 0.150 e. The highest BCUT2D eigenvalue weighted by molar-refractivity contribution is 7.91. The molecule has 0 N–H and O–H groups in total. The number of sulfone groups is 1. The van der Waals surface area contributed by atoms with E-state index in [1.165, 1.54) is 0 Å². The van der Waals surface area contributed by atoms with Crippen molar-refractivity contribution in [1.82, 2.24) is 0 Å². The predicted octanol–water partition coefficient (Wildman–Crippen LogP) is 0.212. The summed E-state index contributed by atoms with van der Waals surface area (Å²) in [6.45, 7) is 1.40. The lowest BCUT2D eigenvalue weighted by atomic mass is 9.87. The molecule has 2 fully saturated rings. The molecule has 0 aliphatic carbocycles. The summed E-state index contributed by atoms with van der Waals surface area (Å²) < 4.78 is 27.5. The lowest BCUT2D eigenvalue weighted by molar-refractivity contribution is 0.162. The normalized spacial score (nSPS) is 41.8. The van der Waals surface area contributed by atoms with E-state index in [1.807, 2.05) is 0 Å². The summed E-state index contributed by atoms with van der Waals surface area (Å²) in [4.78, 5) is 0. The van der Waals surface area contributed by atoms with Crippen molar-refractivity contribution in [3.8, 4) is 0 Å². The fourth-order valence-corrected chi connectivity index (χ4v) is 4.14. The summed E-state index contributed by atoms with van der Waals surface area (Å²) >= 11 is 0. The van der Waals surface area contributed by atoms with Gasteiger partial charge in [0.2, 0.25) is 0 Å². The molecule has 1 atom stereocenters. The van der Waals surface area contributed by atoms with Crippen molar-refractivity contribution in [3.05, 3.63) is 0 Å². The first-order valence-corrected chi connectivity index (χ1v) is 5.72. The van der Waals surface area contributed by atoms with Gasteiger partial charge in [0.25, 0.3) is 0 Å². The van der Waals surface area contributed by atoms with Crippen LogP contribution in [0.1, 0.15) is 12.8 Å². The second-order valence-corrected chi connectivity index (χ2v) is 5.83. The van der Waals surface area contributed by atoms with E-state index in [2.05, 4.69) is 0 Å². The summed E-state index contributed by atoms with van der Waals surface area (Å²) in [5, 5.41) is 0. The summed E-state index contributed by atoms with van der Waals surface area (Å²) in [5.41, 5.74) is 0.0127. The third-order valence-electron chi connectivity index (χ3n) is 2.65. The van der Waals surface area contributed by atoms with Crippen LogP contribution in [0, 0.1) is 5.41 Å². The van der Waals surface area contributed by atoms with Crippen LogP contribution in [0.25, 0.3) is 0 Å². The SMILES string of the molecule is O=S1(=O)CCC2(CCOC2)C1. The minimum atomic E-state index is -2.72.